The van der Waals surface area contributed by atoms with Gasteiger partial charge in [-0.05, 0) is 49.4 Å². The van der Waals surface area contributed by atoms with Crippen molar-refractivity contribution < 1.29 is 18.3 Å². The molecule has 0 spiro atoms. The molecule has 0 atom stereocenters. The zero-order chi connectivity index (χ0) is 17.4. The van der Waals surface area contributed by atoms with Crippen LogP contribution < -0.4 is 9.47 Å². The molecule has 2 aromatic carbocycles. The smallest absolute Gasteiger partial charge is 0.387 e. The number of fused-ring (bicyclic) bond motifs is 3. The third kappa shape index (κ3) is 3.52. The van der Waals surface area contributed by atoms with Gasteiger partial charge in [0.2, 0.25) is 0 Å². The summed E-state index contributed by atoms with van der Waals surface area (Å²) in [4.78, 5) is 5.51. The molecule has 0 fully saturated rings. The molecule has 0 aliphatic heterocycles. The number of halogens is 3. The third-order valence-corrected chi connectivity index (χ3v) is 4.77. The predicted molar refractivity (Wildman–Crippen MR) is 104 cm³/mol. The Hall–Kier alpha value is -2.19. The zero-order valence-electron chi connectivity index (χ0n) is 13.7. The molecule has 4 rings (SSSR count). The standard InChI is InChI=1S/C18H14F2N2O2S.BrH/c1-2-23-13-7-8-15-16(9-13)25-18-21-14(10-22(15)18)11-3-5-12(6-4-11)24-17(19)20;/h3-10,17H,2H2,1H3;1H. The molecule has 0 N–H and O–H groups in total. The molecule has 0 bridgehead atoms. The average molecular weight is 441 g/mol. The Labute approximate surface area is 162 Å². The molecule has 0 aliphatic carbocycles. The number of thiazole rings is 1. The van der Waals surface area contributed by atoms with Crippen molar-refractivity contribution in [2.24, 2.45) is 0 Å². The summed E-state index contributed by atoms with van der Waals surface area (Å²) in [6.45, 7) is -0.240. The van der Waals surface area contributed by atoms with Gasteiger partial charge in [-0.3, -0.25) is 4.40 Å². The molecule has 0 unspecified atom stereocenters. The summed E-state index contributed by atoms with van der Waals surface area (Å²) in [6.07, 6.45) is 1.94. The van der Waals surface area contributed by atoms with Crippen LogP contribution in [0.5, 0.6) is 11.5 Å². The number of hydrogen-bond acceptors (Lipinski definition) is 4. The van der Waals surface area contributed by atoms with Crippen LogP contribution in [0.3, 0.4) is 0 Å². The second-order valence-corrected chi connectivity index (χ2v) is 6.36. The molecule has 136 valence electrons. The summed E-state index contributed by atoms with van der Waals surface area (Å²) in [5, 5.41) is 0. The first kappa shape index (κ1) is 18.6. The molecular formula is C18H15BrF2N2O2S. The van der Waals surface area contributed by atoms with Gasteiger partial charge in [0.25, 0.3) is 0 Å². The normalized spacial score (nSPS) is 11.1. The molecule has 0 amide bonds. The minimum atomic E-state index is -2.82. The monoisotopic (exact) mass is 440 g/mol. The molecule has 0 aliphatic rings. The SMILES string of the molecule is Br.CCOc1ccc2c(c1)sc1nc(-c3ccc(OC(F)F)cc3)cn12. The van der Waals surface area contributed by atoms with E-state index in [-0.39, 0.29) is 22.7 Å². The van der Waals surface area contributed by atoms with Gasteiger partial charge < -0.3 is 9.47 Å². The van der Waals surface area contributed by atoms with E-state index in [0.717, 1.165) is 32.2 Å². The fourth-order valence-corrected chi connectivity index (χ4v) is 3.72. The minimum Gasteiger partial charge on any atom is -0.494 e. The van der Waals surface area contributed by atoms with Crippen molar-refractivity contribution in [1.29, 1.82) is 0 Å². The van der Waals surface area contributed by atoms with Gasteiger partial charge in [0.15, 0.2) is 4.96 Å². The Morgan fingerprint density at radius 2 is 1.85 bits per heavy atom. The number of alkyl halides is 2. The molecule has 4 nitrogen and oxygen atoms in total. The zero-order valence-corrected chi connectivity index (χ0v) is 16.2. The van der Waals surface area contributed by atoms with Crippen LogP contribution in [0.1, 0.15) is 6.92 Å². The highest BCUT2D eigenvalue weighted by Gasteiger charge is 2.11. The van der Waals surface area contributed by atoms with Crippen LogP contribution in [-0.2, 0) is 0 Å². The van der Waals surface area contributed by atoms with E-state index in [1.165, 1.54) is 12.1 Å². The van der Waals surface area contributed by atoms with Crippen LogP contribution in [-0.4, -0.2) is 22.6 Å². The Kier molecular flexibility index (Phi) is 5.43. The van der Waals surface area contributed by atoms with Crippen molar-refractivity contribution in [3.05, 3.63) is 48.7 Å². The van der Waals surface area contributed by atoms with E-state index in [4.69, 9.17) is 4.74 Å². The van der Waals surface area contributed by atoms with E-state index in [1.807, 2.05) is 35.7 Å². The highest BCUT2D eigenvalue weighted by molar-refractivity contribution is 8.93. The van der Waals surface area contributed by atoms with E-state index >= 15 is 0 Å². The van der Waals surface area contributed by atoms with Crippen LogP contribution in [0.4, 0.5) is 8.78 Å². The van der Waals surface area contributed by atoms with Crippen LogP contribution in [0.25, 0.3) is 26.4 Å². The second-order valence-electron chi connectivity index (χ2n) is 5.35. The molecule has 0 saturated carbocycles. The predicted octanol–water partition coefficient (Wildman–Crippen LogP) is 5.79. The highest BCUT2D eigenvalue weighted by atomic mass is 79.9. The minimum absolute atomic E-state index is 0. The van der Waals surface area contributed by atoms with Gasteiger partial charge in [-0.15, -0.1) is 17.0 Å². The van der Waals surface area contributed by atoms with Gasteiger partial charge in [0.05, 0.1) is 22.5 Å². The van der Waals surface area contributed by atoms with Crippen molar-refractivity contribution in [3.8, 4) is 22.8 Å². The van der Waals surface area contributed by atoms with Crippen LogP contribution in [0.2, 0.25) is 0 Å². The first-order chi connectivity index (χ1) is 12.1. The van der Waals surface area contributed by atoms with E-state index in [2.05, 4.69) is 9.72 Å². The Bertz CT molecular complexity index is 1030. The molecule has 2 aromatic heterocycles. The summed E-state index contributed by atoms with van der Waals surface area (Å²) in [6, 6.07) is 12.4. The number of imidazole rings is 1. The van der Waals surface area contributed by atoms with E-state index in [9.17, 15) is 8.78 Å². The van der Waals surface area contributed by atoms with E-state index in [0.29, 0.717) is 6.61 Å². The average Bonchev–Trinajstić information content (AvgIpc) is 3.12. The lowest BCUT2D eigenvalue weighted by atomic mass is 10.2. The number of hydrogen-bond donors (Lipinski definition) is 0. The van der Waals surface area contributed by atoms with Crippen LogP contribution in [0.15, 0.2) is 48.7 Å². The summed E-state index contributed by atoms with van der Waals surface area (Å²) in [5.41, 5.74) is 2.68. The van der Waals surface area contributed by atoms with Crippen molar-refractivity contribution in [1.82, 2.24) is 9.38 Å². The lowest BCUT2D eigenvalue weighted by Gasteiger charge is -2.04. The summed E-state index contributed by atoms with van der Waals surface area (Å²) in [7, 11) is 0. The van der Waals surface area contributed by atoms with Crippen LogP contribution in [0, 0.1) is 0 Å². The van der Waals surface area contributed by atoms with Crippen molar-refractivity contribution in [2.45, 2.75) is 13.5 Å². The van der Waals surface area contributed by atoms with Crippen LogP contribution >= 0.6 is 28.3 Å². The summed E-state index contributed by atoms with van der Waals surface area (Å²) in [5.74, 6) is 0.975. The fourth-order valence-electron chi connectivity index (χ4n) is 2.68. The Balaban J connectivity index is 0.00000196. The maximum atomic E-state index is 12.2. The second kappa shape index (κ2) is 7.59. The van der Waals surface area contributed by atoms with Crippen molar-refractivity contribution >= 4 is 43.5 Å². The number of rotatable bonds is 5. The van der Waals surface area contributed by atoms with Gasteiger partial charge in [-0.25, -0.2) is 4.98 Å². The van der Waals surface area contributed by atoms with Gasteiger partial charge in [-0.2, -0.15) is 8.78 Å². The number of ether oxygens (including phenoxy) is 2. The molecule has 0 radical (unpaired) electrons. The maximum absolute atomic E-state index is 12.2. The molecule has 2 heterocycles. The highest BCUT2D eigenvalue weighted by Crippen LogP contribution is 2.32. The number of nitrogens with zero attached hydrogens (tertiary/aromatic N) is 2. The molecule has 0 saturated heterocycles. The summed E-state index contributed by atoms with van der Waals surface area (Å²) < 4.78 is 37.5. The number of benzene rings is 2. The largest absolute Gasteiger partial charge is 0.494 e. The number of aromatic nitrogens is 2. The Morgan fingerprint density at radius 1 is 1.12 bits per heavy atom. The van der Waals surface area contributed by atoms with Gasteiger partial charge in [-0.1, -0.05) is 11.3 Å². The van der Waals surface area contributed by atoms with Gasteiger partial charge >= 0.3 is 6.61 Å². The van der Waals surface area contributed by atoms with Gasteiger partial charge in [0, 0.05) is 11.8 Å². The summed E-state index contributed by atoms with van der Waals surface area (Å²) >= 11 is 1.58. The lowest BCUT2D eigenvalue weighted by Crippen LogP contribution is -2.01. The third-order valence-electron chi connectivity index (χ3n) is 3.75. The van der Waals surface area contributed by atoms with E-state index in [1.54, 1.807) is 23.5 Å². The first-order valence-electron chi connectivity index (χ1n) is 7.74. The van der Waals surface area contributed by atoms with E-state index < -0.39 is 6.61 Å². The quantitative estimate of drug-likeness (QED) is 0.393. The molecule has 8 heteroatoms. The molecular weight excluding hydrogens is 426 g/mol. The maximum Gasteiger partial charge on any atom is 0.387 e. The molecule has 26 heavy (non-hydrogen) atoms. The fraction of sp³-hybridized carbons (Fsp3) is 0.167. The van der Waals surface area contributed by atoms with Gasteiger partial charge in [0.1, 0.15) is 11.5 Å². The topological polar surface area (TPSA) is 35.8 Å². The lowest BCUT2D eigenvalue weighted by molar-refractivity contribution is -0.0498. The van der Waals surface area contributed by atoms with Crippen molar-refractivity contribution in [3.63, 3.8) is 0 Å². The molecule has 4 aromatic rings. The Morgan fingerprint density at radius 3 is 2.54 bits per heavy atom. The first-order valence-corrected chi connectivity index (χ1v) is 8.55. The van der Waals surface area contributed by atoms with Crippen molar-refractivity contribution in [2.75, 3.05) is 6.61 Å².